The van der Waals surface area contributed by atoms with Gasteiger partial charge in [0, 0.05) is 37.7 Å². The Morgan fingerprint density at radius 1 is 1.27 bits per heavy atom. The first kappa shape index (κ1) is 20.8. The molecule has 0 aliphatic carbocycles. The van der Waals surface area contributed by atoms with Gasteiger partial charge in [0.1, 0.15) is 10.0 Å². The van der Waals surface area contributed by atoms with E-state index in [2.05, 4.69) is 10.3 Å². The number of sulfonamides is 1. The fourth-order valence-corrected chi connectivity index (χ4v) is 6.34. The Kier molecular flexibility index (Phi) is 6.03. The lowest BCUT2D eigenvalue weighted by atomic mass is 9.99. The molecule has 30 heavy (non-hydrogen) atoms. The summed E-state index contributed by atoms with van der Waals surface area (Å²) in [5, 5.41) is 4.71. The first-order valence-corrected chi connectivity index (χ1v) is 12.2. The number of amides is 1. The van der Waals surface area contributed by atoms with E-state index in [4.69, 9.17) is 0 Å². The van der Waals surface area contributed by atoms with Gasteiger partial charge in [-0.05, 0) is 48.9 Å². The minimum Gasteiger partial charge on any atom is -0.352 e. The minimum absolute atomic E-state index is 0.101. The number of hydrogen-bond donors (Lipinski definition) is 1. The first-order chi connectivity index (χ1) is 14.4. The Morgan fingerprint density at radius 3 is 2.73 bits per heavy atom. The Morgan fingerprint density at radius 2 is 2.07 bits per heavy atom. The van der Waals surface area contributed by atoms with Crippen molar-refractivity contribution in [3.8, 4) is 5.69 Å². The lowest BCUT2D eigenvalue weighted by Crippen LogP contribution is -2.45. The molecule has 3 aromatic rings. The Hall–Kier alpha value is -2.49. The number of piperidine rings is 1. The van der Waals surface area contributed by atoms with Crippen LogP contribution in [0.4, 0.5) is 0 Å². The fourth-order valence-electron chi connectivity index (χ4n) is 3.67. The van der Waals surface area contributed by atoms with Gasteiger partial charge in [-0.3, -0.25) is 4.79 Å². The summed E-state index contributed by atoms with van der Waals surface area (Å²) >= 11 is 1.21. The zero-order chi connectivity index (χ0) is 21.1. The minimum atomic E-state index is -3.52. The Bertz CT molecular complexity index is 1110. The standard InChI is InChI=1S/C21H24N4O3S2/c1-16-22-10-12-25(16)19-8-6-17(7-9-19)14-23-21(26)18-4-2-11-24(15-18)30(27,28)20-5-3-13-29-20/h3,5-10,12-13,18H,2,4,11,14-15H2,1H3,(H,23,26). The first-order valence-electron chi connectivity index (χ1n) is 9.86. The fraction of sp³-hybridized carbons (Fsp3) is 0.333. The second-order valence-electron chi connectivity index (χ2n) is 7.36. The molecular formula is C21H24N4O3S2. The van der Waals surface area contributed by atoms with Crippen molar-refractivity contribution < 1.29 is 13.2 Å². The normalized spacial score (nSPS) is 17.7. The third kappa shape index (κ3) is 4.33. The Balaban J connectivity index is 1.35. The lowest BCUT2D eigenvalue weighted by Gasteiger charge is -2.30. The van der Waals surface area contributed by atoms with Gasteiger partial charge in [-0.15, -0.1) is 11.3 Å². The van der Waals surface area contributed by atoms with Gasteiger partial charge in [0.25, 0.3) is 10.0 Å². The Labute approximate surface area is 180 Å². The number of nitrogens with zero attached hydrogens (tertiary/aromatic N) is 3. The number of nitrogens with one attached hydrogen (secondary N) is 1. The van der Waals surface area contributed by atoms with Crippen molar-refractivity contribution in [2.24, 2.45) is 5.92 Å². The van der Waals surface area contributed by atoms with E-state index in [0.717, 1.165) is 17.1 Å². The summed E-state index contributed by atoms with van der Waals surface area (Å²) < 4.78 is 29.3. The van der Waals surface area contributed by atoms with Crippen LogP contribution in [0.5, 0.6) is 0 Å². The highest BCUT2D eigenvalue weighted by Crippen LogP contribution is 2.26. The molecule has 3 heterocycles. The largest absolute Gasteiger partial charge is 0.352 e. The van der Waals surface area contributed by atoms with Crippen molar-refractivity contribution in [1.82, 2.24) is 19.2 Å². The predicted molar refractivity (Wildman–Crippen MR) is 116 cm³/mol. The second kappa shape index (κ2) is 8.71. The zero-order valence-electron chi connectivity index (χ0n) is 16.7. The van der Waals surface area contributed by atoms with Crippen LogP contribution >= 0.6 is 11.3 Å². The maximum atomic E-state index is 12.7. The van der Waals surface area contributed by atoms with Gasteiger partial charge in [0.15, 0.2) is 0 Å². The number of rotatable bonds is 6. The number of thiophene rings is 1. The molecule has 1 saturated heterocycles. The van der Waals surface area contributed by atoms with Crippen LogP contribution in [0, 0.1) is 12.8 Å². The summed E-state index contributed by atoms with van der Waals surface area (Å²) in [7, 11) is -3.52. The van der Waals surface area contributed by atoms with Crippen molar-refractivity contribution >= 4 is 27.3 Å². The third-order valence-electron chi connectivity index (χ3n) is 5.35. The summed E-state index contributed by atoms with van der Waals surface area (Å²) in [6.07, 6.45) is 5.05. The maximum Gasteiger partial charge on any atom is 0.252 e. The van der Waals surface area contributed by atoms with Gasteiger partial charge in [-0.25, -0.2) is 13.4 Å². The number of carbonyl (C=O) groups excluding carboxylic acids is 1. The summed E-state index contributed by atoms with van der Waals surface area (Å²) in [6, 6.07) is 11.3. The van der Waals surface area contributed by atoms with E-state index in [0.29, 0.717) is 30.1 Å². The van der Waals surface area contributed by atoms with Crippen molar-refractivity contribution in [3.05, 3.63) is 65.6 Å². The topological polar surface area (TPSA) is 84.3 Å². The molecule has 0 saturated carbocycles. The van der Waals surface area contributed by atoms with Crippen LogP contribution in [-0.4, -0.2) is 41.3 Å². The van der Waals surface area contributed by atoms with Crippen molar-refractivity contribution in [2.75, 3.05) is 13.1 Å². The monoisotopic (exact) mass is 444 g/mol. The lowest BCUT2D eigenvalue weighted by molar-refractivity contribution is -0.126. The number of benzene rings is 1. The van der Waals surface area contributed by atoms with E-state index in [1.165, 1.54) is 15.6 Å². The van der Waals surface area contributed by atoms with Crippen molar-refractivity contribution in [1.29, 1.82) is 0 Å². The highest BCUT2D eigenvalue weighted by atomic mass is 32.2. The van der Waals surface area contributed by atoms with Crippen LogP contribution in [0.25, 0.3) is 5.69 Å². The maximum absolute atomic E-state index is 12.7. The molecule has 0 radical (unpaired) electrons. The molecule has 2 aromatic heterocycles. The van der Waals surface area contributed by atoms with Crippen LogP contribution in [0.2, 0.25) is 0 Å². The molecule has 4 rings (SSSR count). The molecule has 1 aliphatic rings. The van der Waals surface area contributed by atoms with E-state index in [9.17, 15) is 13.2 Å². The molecule has 0 bridgehead atoms. The van der Waals surface area contributed by atoms with Gasteiger partial charge in [-0.1, -0.05) is 18.2 Å². The zero-order valence-corrected chi connectivity index (χ0v) is 18.3. The molecule has 7 nitrogen and oxygen atoms in total. The molecule has 1 amide bonds. The molecule has 9 heteroatoms. The SMILES string of the molecule is Cc1nccn1-c1ccc(CNC(=O)C2CCCN(S(=O)(=O)c3cccs3)C2)cc1. The quantitative estimate of drug-likeness (QED) is 0.634. The molecule has 1 fully saturated rings. The number of imidazole rings is 1. The van der Waals surface area contributed by atoms with Gasteiger partial charge in [0.05, 0.1) is 5.92 Å². The van der Waals surface area contributed by atoms with Crippen molar-refractivity contribution in [3.63, 3.8) is 0 Å². The highest BCUT2D eigenvalue weighted by Gasteiger charge is 2.33. The highest BCUT2D eigenvalue weighted by molar-refractivity contribution is 7.91. The van der Waals surface area contributed by atoms with E-state index in [1.54, 1.807) is 23.7 Å². The number of aromatic nitrogens is 2. The van der Waals surface area contributed by atoms with Gasteiger partial charge < -0.3 is 9.88 Å². The van der Waals surface area contributed by atoms with Gasteiger partial charge in [0.2, 0.25) is 5.91 Å². The summed E-state index contributed by atoms with van der Waals surface area (Å²) in [5.41, 5.74) is 2.01. The predicted octanol–water partition coefficient (Wildman–Crippen LogP) is 2.96. The van der Waals surface area contributed by atoms with Crippen LogP contribution in [0.15, 0.2) is 58.4 Å². The second-order valence-corrected chi connectivity index (χ2v) is 10.5. The number of carbonyl (C=O) groups is 1. The molecule has 1 N–H and O–H groups in total. The summed E-state index contributed by atoms with van der Waals surface area (Å²) in [6.45, 7) is 3.04. The molecule has 1 aliphatic heterocycles. The van der Waals surface area contributed by atoms with E-state index in [1.807, 2.05) is 42.0 Å². The van der Waals surface area contributed by atoms with Crippen LogP contribution < -0.4 is 5.32 Å². The van der Waals surface area contributed by atoms with Crippen LogP contribution in [0.3, 0.4) is 0 Å². The third-order valence-corrected chi connectivity index (χ3v) is 8.59. The molecule has 158 valence electrons. The molecule has 1 atom stereocenters. The average Bonchev–Trinajstić information content (AvgIpc) is 3.45. The number of hydrogen-bond acceptors (Lipinski definition) is 5. The number of aryl methyl sites for hydroxylation is 1. The van der Waals surface area contributed by atoms with E-state index >= 15 is 0 Å². The van der Waals surface area contributed by atoms with Crippen LogP contribution in [0.1, 0.15) is 24.2 Å². The van der Waals surface area contributed by atoms with E-state index < -0.39 is 10.0 Å². The van der Waals surface area contributed by atoms with Crippen LogP contribution in [-0.2, 0) is 21.4 Å². The average molecular weight is 445 g/mol. The molecule has 1 aromatic carbocycles. The van der Waals surface area contributed by atoms with Gasteiger partial charge in [-0.2, -0.15) is 4.31 Å². The van der Waals surface area contributed by atoms with Crippen molar-refractivity contribution in [2.45, 2.75) is 30.5 Å². The summed E-state index contributed by atoms with van der Waals surface area (Å²) in [4.78, 5) is 16.9. The smallest absolute Gasteiger partial charge is 0.252 e. The van der Waals surface area contributed by atoms with Gasteiger partial charge >= 0.3 is 0 Å². The van der Waals surface area contributed by atoms with E-state index in [-0.39, 0.29) is 18.4 Å². The molecule has 0 spiro atoms. The molecule has 1 unspecified atom stereocenters. The molecular weight excluding hydrogens is 420 g/mol. The summed E-state index contributed by atoms with van der Waals surface area (Å²) in [5.74, 6) is 0.479.